The molecule has 2 aliphatic rings. The summed E-state index contributed by atoms with van der Waals surface area (Å²) in [5.74, 6) is 1.78. The Morgan fingerprint density at radius 2 is 2.31 bits per heavy atom. The van der Waals surface area contributed by atoms with E-state index in [1.165, 1.54) is 32.1 Å². The molecule has 2 heteroatoms. The van der Waals surface area contributed by atoms with Crippen LogP contribution in [-0.2, 0) is 6.42 Å². The second-order valence-corrected chi connectivity index (χ2v) is 6.22. The molecule has 1 aromatic rings. The standard InChI is InChI=1S/C14H21NS/c1-2-15-14(10-6-7-10)12-4-3-5-13-11(12)8-9-16-13/h8-10,12,14-15H,2-7H2,1H3. The van der Waals surface area contributed by atoms with E-state index in [0.29, 0.717) is 0 Å². The fraction of sp³-hybridized carbons (Fsp3) is 0.714. The second kappa shape index (κ2) is 4.50. The Kier molecular flexibility index (Phi) is 3.03. The van der Waals surface area contributed by atoms with Gasteiger partial charge in [0.25, 0.3) is 0 Å². The van der Waals surface area contributed by atoms with Gasteiger partial charge in [-0.2, -0.15) is 0 Å². The molecular formula is C14H21NS. The van der Waals surface area contributed by atoms with Gasteiger partial charge in [0, 0.05) is 16.8 Å². The molecule has 1 heterocycles. The third kappa shape index (κ3) is 1.93. The molecule has 2 atom stereocenters. The first-order valence-corrected chi connectivity index (χ1v) is 7.57. The van der Waals surface area contributed by atoms with Crippen LogP contribution in [0.25, 0.3) is 0 Å². The molecule has 88 valence electrons. The number of thiophene rings is 1. The van der Waals surface area contributed by atoms with Crippen LogP contribution in [0.5, 0.6) is 0 Å². The van der Waals surface area contributed by atoms with E-state index in [-0.39, 0.29) is 0 Å². The molecule has 1 fully saturated rings. The molecule has 0 radical (unpaired) electrons. The van der Waals surface area contributed by atoms with Crippen molar-refractivity contribution in [2.24, 2.45) is 5.92 Å². The summed E-state index contributed by atoms with van der Waals surface area (Å²) in [4.78, 5) is 1.67. The maximum atomic E-state index is 3.75. The smallest absolute Gasteiger partial charge is 0.0164 e. The van der Waals surface area contributed by atoms with Crippen LogP contribution in [0, 0.1) is 5.92 Å². The number of likely N-dealkylation sites (N-methyl/N-ethyl adjacent to an activating group) is 1. The first-order valence-electron chi connectivity index (χ1n) is 6.69. The van der Waals surface area contributed by atoms with E-state index in [1.807, 2.05) is 11.3 Å². The lowest BCUT2D eigenvalue weighted by Gasteiger charge is -2.31. The Labute approximate surface area is 102 Å². The van der Waals surface area contributed by atoms with Gasteiger partial charge in [0.15, 0.2) is 0 Å². The van der Waals surface area contributed by atoms with Crippen molar-refractivity contribution in [3.63, 3.8) is 0 Å². The summed E-state index contributed by atoms with van der Waals surface area (Å²) < 4.78 is 0. The SMILES string of the molecule is CCNC(C1CC1)C1CCCc2sccc21. The average Bonchev–Trinajstić information content (AvgIpc) is 3.02. The molecular weight excluding hydrogens is 214 g/mol. The molecule has 0 spiro atoms. The van der Waals surface area contributed by atoms with Gasteiger partial charge in [-0.1, -0.05) is 6.92 Å². The highest BCUT2D eigenvalue weighted by atomic mass is 32.1. The molecule has 1 N–H and O–H groups in total. The van der Waals surface area contributed by atoms with E-state index in [9.17, 15) is 0 Å². The van der Waals surface area contributed by atoms with Crippen molar-refractivity contribution >= 4 is 11.3 Å². The van der Waals surface area contributed by atoms with Gasteiger partial charge >= 0.3 is 0 Å². The summed E-state index contributed by atoms with van der Waals surface area (Å²) in [5, 5.41) is 6.04. The van der Waals surface area contributed by atoms with Crippen molar-refractivity contribution in [1.29, 1.82) is 0 Å². The van der Waals surface area contributed by atoms with E-state index < -0.39 is 0 Å². The van der Waals surface area contributed by atoms with E-state index in [2.05, 4.69) is 23.7 Å². The highest BCUT2D eigenvalue weighted by molar-refractivity contribution is 7.10. The Bertz CT molecular complexity index is 353. The van der Waals surface area contributed by atoms with E-state index in [4.69, 9.17) is 0 Å². The summed E-state index contributed by atoms with van der Waals surface area (Å²) in [6.45, 7) is 3.36. The highest BCUT2D eigenvalue weighted by Gasteiger charge is 2.38. The molecule has 0 aromatic carbocycles. The van der Waals surface area contributed by atoms with E-state index in [1.54, 1.807) is 10.4 Å². The predicted molar refractivity (Wildman–Crippen MR) is 70.2 cm³/mol. The van der Waals surface area contributed by atoms with Gasteiger partial charge in [-0.3, -0.25) is 0 Å². The molecule has 3 rings (SSSR count). The van der Waals surface area contributed by atoms with Crippen molar-refractivity contribution in [3.8, 4) is 0 Å². The van der Waals surface area contributed by atoms with Gasteiger partial charge in [-0.25, -0.2) is 0 Å². The van der Waals surface area contributed by atoms with Crippen LogP contribution in [0.1, 0.15) is 49.0 Å². The molecule has 1 saturated carbocycles. The normalized spacial score (nSPS) is 26.4. The van der Waals surface area contributed by atoms with E-state index >= 15 is 0 Å². The molecule has 1 nitrogen and oxygen atoms in total. The van der Waals surface area contributed by atoms with Crippen molar-refractivity contribution in [3.05, 3.63) is 21.9 Å². The maximum absolute atomic E-state index is 3.75. The molecule has 2 aliphatic carbocycles. The quantitative estimate of drug-likeness (QED) is 0.841. The summed E-state index contributed by atoms with van der Waals surface area (Å²) in [7, 11) is 0. The van der Waals surface area contributed by atoms with Crippen LogP contribution in [0.2, 0.25) is 0 Å². The number of hydrogen-bond acceptors (Lipinski definition) is 2. The molecule has 16 heavy (non-hydrogen) atoms. The summed E-state index contributed by atoms with van der Waals surface area (Å²) in [5.41, 5.74) is 1.68. The summed E-state index contributed by atoms with van der Waals surface area (Å²) in [6.07, 6.45) is 7.03. The minimum Gasteiger partial charge on any atom is -0.313 e. The zero-order valence-corrected chi connectivity index (χ0v) is 10.9. The fourth-order valence-electron chi connectivity index (χ4n) is 3.22. The predicted octanol–water partition coefficient (Wildman–Crippen LogP) is 3.56. The molecule has 1 aromatic heterocycles. The zero-order chi connectivity index (χ0) is 11.0. The first-order chi connectivity index (χ1) is 7.90. The maximum Gasteiger partial charge on any atom is 0.0164 e. The summed E-state index contributed by atoms with van der Waals surface area (Å²) in [6, 6.07) is 3.15. The Morgan fingerprint density at radius 3 is 3.06 bits per heavy atom. The first kappa shape index (κ1) is 10.8. The number of rotatable bonds is 4. The summed E-state index contributed by atoms with van der Waals surface area (Å²) >= 11 is 1.97. The van der Waals surface area contributed by atoms with Gasteiger partial charge in [0.05, 0.1) is 0 Å². The minimum absolute atomic E-state index is 0.763. The Hall–Kier alpha value is -0.340. The third-order valence-electron chi connectivity index (χ3n) is 4.10. The van der Waals surface area contributed by atoms with Crippen molar-refractivity contribution in [1.82, 2.24) is 5.32 Å². The monoisotopic (exact) mass is 235 g/mol. The molecule has 0 saturated heterocycles. The lowest BCUT2D eigenvalue weighted by atomic mass is 9.80. The molecule has 0 amide bonds. The number of aryl methyl sites for hydroxylation is 1. The van der Waals surface area contributed by atoms with Gasteiger partial charge in [0.1, 0.15) is 0 Å². The molecule has 2 unspecified atom stereocenters. The van der Waals surface area contributed by atoms with Gasteiger partial charge in [-0.05, 0) is 61.6 Å². The Balaban J connectivity index is 1.83. The van der Waals surface area contributed by atoms with Crippen LogP contribution in [0.4, 0.5) is 0 Å². The second-order valence-electron chi connectivity index (χ2n) is 5.22. The van der Waals surface area contributed by atoms with Crippen molar-refractivity contribution in [2.75, 3.05) is 6.54 Å². The third-order valence-corrected chi connectivity index (χ3v) is 5.10. The van der Waals surface area contributed by atoms with Crippen LogP contribution in [-0.4, -0.2) is 12.6 Å². The lowest BCUT2D eigenvalue weighted by Crippen LogP contribution is -2.37. The van der Waals surface area contributed by atoms with Crippen LogP contribution in [0.15, 0.2) is 11.4 Å². The van der Waals surface area contributed by atoms with E-state index in [0.717, 1.165) is 24.4 Å². The van der Waals surface area contributed by atoms with Crippen molar-refractivity contribution in [2.45, 2.75) is 51.0 Å². The average molecular weight is 235 g/mol. The lowest BCUT2D eigenvalue weighted by molar-refractivity contribution is 0.366. The van der Waals surface area contributed by atoms with Gasteiger partial charge in [-0.15, -0.1) is 11.3 Å². The number of nitrogens with one attached hydrogen (secondary N) is 1. The van der Waals surface area contributed by atoms with Gasteiger partial charge in [0.2, 0.25) is 0 Å². The van der Waals surface area contributed by atoms with Crippen LogP contribution >= 0.6 is 11.3 Å². The van der Waals surface area contributed by atoms with Gasteiger partial charge < -0.3 is 5.32 Å². The largest absolute Gasteiger partial charge is 0.313 e. The van der Waals surface area contributed by atoms with Crippen LogP contribution < -0.4 is 5.32 Å². The molecule has 0 bridgehead atoms. The topological polar surface area (TPSA) is 12.0 Å². The molecule has 0 aliphatic heterocycles. The van der Waals surface area contributed by atoms with Crippen LogP contribution in [0.3, 0.4) is 0 Å². The minimum atomic E-state index is 0.763. The zero-order valence-electron chi connectivity index (χ0n) is 10.0. The Morgan fingerprint density at radius 1 is 1.44 bits per heavy atom. The van der Waals surface area contributed by atoms with Crippen molar-refractivity contribution < 1.29 is 0 Å². The highest BCUT2D eigenvalue weighted by Crippen LogP contribution is 2.44. The fourth-order valence-corrected chi connectivity index (χ4v) is 4.22. The number of hydrogen-bond donors (Lipinski definition) is 1. The number of fused-ring (bicyclic) bond motifs is 1.